The molecule has 0 aliphatic carbocycles. The first-order chi connectivity index (χ1) is 12.5. The van der Waals surface area contributed by atoms with Crippen LogP contribution >= 0.6 is 27.3 Å². The van der Waals surface area contributed by atoms with Crippen molar-refractivity contribution in [1.29, 1.82) is 0 Å². The summed E-state index contributed by atoms with van der Waals surface area (Å²) in [7, 11) is 1.74. The van der Waals surface area contributed by atoms with Crippen LogP contribution in [-0.4, -0.2) is 21.4 Å². The lowest BCUT2D eigenvalue weighted by Gasteiger charge is -2.09. The molecule has 9 heteroatoms. The van der Waals surface area contributed by atoms with Crippen molar-refractivity contribution in [1.82, 2.24) is 20.4 Å². The van der Waals surface area contributed by atoms with Crippen molar-refractivity contribution in [3.05, 3.63) is 68.8 Å². The molecule has 0 aliphatic heterocycles. The van der Waals surface area contributed by atoms with Crippen LogP contribution in [0, 0.1) is 0 Å². The Bertz CT molecular complexity index is 907. The zero-order chi connectivity index (χ0) is 18.5. The van der Waals surface area contributed by atoms with Crippen LogP contribution in [0.2, 0.25) is 0 Å². The summed E-state index contributed by atoms with van der Waals surface area (Å²) < 4.78 is 8.03. The molecule has 3 rings (SSSR count). The van der Waals surface area contributed by atoms with Crippen molar-refractivity contribution in [2.75, 3.05) is 0 Å². The molecule has 0 bridgehead atoms. The number of ether oxygens (including phenoxy) is 1. The zero-order valence-electron chi connectivity index (χ0n) is 13.7. The van der Waals surface area contributed by atoms with Crippen LogP contribution in [0.3, 0.4) is 0 Å². The molecule has 0 saturated carbocycles. The maximum atomic E-state index is 12.1. The fourth-order valence-corrected chi connectivity index (χ4v) is 3.24. The molecule has 26 heavy (non-hydrogen) atoms. The summed E-state index contributed by atoms with van der Waals surface area (Å²) in [4.78, 5) is 28.3. The van der Waals surface area contributed by atoms with E-state index in [1.54, 1.807) is 53.7 Å². The van der Waals surface area contributed by atoms with Crippen LogP contribution in [-0.2, 0) is 13.7 Å². The number of hydrogen-bond donors (Lipinski definition) is 2. The Hall–Kier alpha value is -2.65. The topological polar surface area (TPSA) is 85.2 Å². The summed E-state index contributed by atoms with van der Waals surface area (Å²) >= 11 is 4.80. The van der Waals surface area contributed by atoms with Gasteiger partial charge in [0.1, 0.15) is 18.1 Å². The molecule has 2 aromatic heterocycles. The number of benzene rings is 1. The van der Waals surface area contributed by atoms with Gasteiger partial charge in [-0.15, -0.1) is 11.3 Å². The molecule has 134 valence electrons. The number of halogens is 1. The third-order valence-electron chi connectivity index (χ3n) is 3.48. The van der Waals surface area contributed by atoms with Gasteiger partial charge in [0, 0.05) is 28.7 Å². The third-order valence-corrected chi connectivity index (χ3v) is 4.55. The molecule has 0 atom stereocenters. The molecule has 0 spiro atoms. The normalized spacial score (nSPS) is 10.4. The fraction of sp³-hybridized carbons (Fsp3) is 0.118. The van der Waals surface area contributed by atoms with Crippen molar-refractivity contribution < 1.29 is 14.3 Å². The third kappa shape index (κ3) is 4.50. The summed E-state index contributed by atoms with van der Waals surface area (Å²) in [5.41, 5.74) is 8.20. The van der Waals surface area contributed by atoms with E-state index in [0.717, 1.165) is 10.2 Å². The van der Waals surface area contributed by atoms with E-state index >= 15 is 0 Å². The Labute approximate surface area is 162 Å². The van der Waals surface area contributed by atoms with Crippen LogP contribution in [0.1, 0.15) is 26.5 Å². The number of amides is 2. The van der Waals surface area contributed by atoms with Gasteiger partial charge in [0.25, 0.3) is 11.8 Å². The first-order valence-corrected chi connectivity index (χ1v) is 9.29. The van der Waals surface area contributed by atoms with Crippen LogP contribution in [0.15, 0.2) is 51.9 Å². The van der Waals surface area contributed by atoms with E-state index in [4.69, 9.17) is 4.74 Å². The summed E-state index contributed by atoms with van der Waals surface area (Å²) in [5.74, 6) is -0.195. The second-order valence-corrected chi connectivity index (χ2v) is 6.99. The number of carbonyl (C=O) groups excluding carboxylic acids is 2. The van der Waals surface area contributed by atoms with E-state index in [0.29, 0.717) is 23.6 Å². The number of nitrogens with zero attached hydrogens (tertiary/aromatic N) is 2. The second kappa shape index (κ2) is 8.15. The Morgan fingerprint density at radius 1 is 1.23 bits per heavy atom. The Morgan fingerprint density at radius 3 is 2.58 bits per heavy atom. The number of hydrazine groups is 1. The van der Waals surface area contributed by atoms with Gasteiger partial charge in [0.05, 0.1) is 11.2 Å². The molecule has 0 aliphatic rings. The van der Waals surface area contributed by atoms with Gasteiger partial charge in [-0.2, -0.15) is 0 Å². The summed E-state index contributed by atoms with van der Waals surface area (Å²) in [6, 6.07) is 8.29. The average Bonchev–Trinajstić information content (AvgIpc) is 3.27. The average molecular weight is 435 g/mol. The molecule has 2 amide bonds. The highest BCUT2D eigenvalue weighted by atomic mass is 79.9. The lowest BCUT2D eigenvalue weighted by molar-refractivity contribution is 0.0842. The number of aryl methyl sites for hydroxylation is 1. The predicted octanol–water partition coefficient (Wildman–Crippen LogP) is 2.90. The van der Waals surface area contributed by atoms with Gasteiger partial charge >= 0.3 is 0 Å². The molecule has 2 N–H and O–H groups in total. The minimum atomic E-state index is -0.419. The molecule has 0 fully saturated rings. The molecule has 0 unspecified atom stereocenters. The molecule has 0 saturated heterocycles. The summed E-state index contributed by atoms with van der Waals surface area (Å²) in [6.07, 6.45) is 1.75. The lowest BCUT2D eigenvalue weighted by atomic mass is 10.2. The van der Waals surface area contributed by atoms with Crippen LogP contribution < -0.4 is 15.6 Å². The summed E-state index contributed by atoms with van der Waals surface area (Å²) in [6.45, 7) is 0.372. The minimum absolute atomic E-state index is 0.372. The standard InChI is InChI=1S/C17H15BrN4O3S/c1-22-7-12(18)6-15(22)17(24)21-20-16(23)11-2-4-14(5-3-11)25-8-13-9-26-10-19-13/h2-7,9-10H,8H2,1H3,(H,20,23)(H,21,24). The zero-order valence-corrected chi connectivity index (χ0v) is 16.1. The van der Waals surface area contributed by atoms with Crippen LogP contribution in [0.4, 0.5) is 0 Å². The molecule has 3 aromatic rings. The van der Waals surface area contributed by atoms with Gasteiger partial charge < -0.3 is 9.30 Å². The quantitative estimate of drug-likeness (QED) is 0.604. The molecule has 0 radical (unpaired) electrons. The fourth-order valence-electron chi connectivity index (χ4n) is 2.17. The van der Waals surface area contributed by atoms with E-state index in [1.165, 1.54) is 11.3 Å². The van der Waals surface area contributed by atoms with Gasteiger partial charge in [-0.05, 0) is 46.3 Å². The Morgan fingerprint density at radius 2 is 1.96 bits per heavy atom. The Balaban J connectivity index is 1.53. The van der Waals surface area contributed by atoms with E-state index in [1.807, 2.05) is 5.38 Å². The minimum Gasteiger partial charge on any atom is -0.487 e. The lowest BCUT2D eigenvalue weighted by Crippen LogP contribution is -2.42. The van der Waals surface area contributed by atoms with E-state index in [9.17, 15) is 9.59 Å². The van der Waals surface area contributed by atoms with Gasteiger partial charge in [-0.3, -0.25) is 20.4 Å². The van der Waals surface area contributed by atoms with E-state index in [2.05, 4.69) is 31.8 Å². The van der Waals surface area contributed by atoms with Crippen molar-refractivity contribution in [3.8, 4) is 5.75 Å². The van der Waals surface area contributed by atoms with Crippen LogP contribution in [0.25, 0.3) is 0 Å². The van der Waals surface area contributed by atoms with Crippen molar-refractivity contribution >= 4 is 39.1 Å². The van der Waals surface area contributed by atoms with Crippen LogP contribution in [0.5, 0.6) is 5.75 Å². The Kier molecular flexibility index (Phi) is 5.69. The largest absolute Gasteiger partial charge is 0.487 e. The van der Waals surface area contributed by atoms with Gasteiger partial charge in [0.2, 0.25) is 0 Å². The highest BCUT2D eigenvalue weighted by molar-refractivity contribution is 9.10. The highest BCUT2D eigenvalue weighted by Crippen LogP contribution is 2.15. The number of hydrogen-bond acceptors (Lipinski definition) is 5. The van der Waals surface area contributed by atoms with Crippen molar-refractivity contribution in [3.63, 3.8) is 0 Å². The van der Waals surface area contributed by atoms with E-state index < -0.39 is 11.8 Å². The molecular formula is C17H15BrN4O3S. The smallest absolute Gasteiger partial charge is 0.286 e. The molecule has 1 aromatic carbocycles. The number of carbonyl (C=O) groups is 2. The second-order valence-electron chi connectivity index (χ2n) is 5.36. The maximum Gasteiger partial charge on any atom is 0.286 e. The molecular weight excluding hydrogens is 420 g/mol. The van der Waals surface area contributed by atoms with Gasteiger partial charge in [-0.25, -0.2) is 4.98 Å². The first kappa shape index (κ1) is 18.2. The number of thiazole rings is 1. The van der Waals surface area contributed by atoms with Crippen molar-refractivity contribution in [2.24, 2.45) is 7.05 Å². The van der Waals surface area contributed by atoms with Gasteiger partial charge in [0.15, 0.2) is 0 Å². The first-order valence-electron chi connectivity index (χ1n) is 7.55. The number of nitrogens with one attached hydrogen (secondary N) is 2. The number of rotatable bonds is 5. The monoisotopic (exact) mass is 434 g/mol. The summed E-state index contributed by atoms with van der Waals surface area (Å²) in [5, 5.41) is 1.91. The SMILES string of the molecule is Cn1cc(Br)cc1C(=O)NNC(=O)c1ccc(OCc2cscn2)cc1. The maximum absolute atomic E-state index is 12.1. The van der Waals surface area contributed by atoms with E-state index in [-0.39, 0.29) is 0 Å². The molecule has 2 heterocycles. The van der Waals surface area contributed by atoms with Gasteiger partial charge in [-0.1, -0.05) is 0 Å². The molecule has 7 nitrogen and oxygen atoms in total. The number of aromatic nitrogens is 2. The highest BCUT2D eigenvalue weighted by Gasteiger charge is 2.13. The van der Waals surface area contributed by atoms with Crippen molar-refractivity contribution in [2.45, 2.75) is 6.61 Å². The predicted molar refractivity (Wildman–Crippen MR) is 101 cm³/mol.